The van der Waals surface area contributed by atoms with Crippen molar-refractivity contribution in [2.75, 3.05) is 18.0 Å². The zero-order valence-electron chi connectivity index (χ0n) is 22.5. The Balaban J connectivity index is 1.14. The van der Waals surface area contributed by atoms with Crippen molar-refractivity contribution in [1.82, 2.24) is 10.1 Å². The van der Waals surface area contributed by atoms with Crippen LogP contribution in [0.1, 0.15) is 63.2 Å². The van der Waals surface area contributed by atoms with Crippen LogP contribution in [-0.4, -0.2) is 29.3 Å². The molecule has 1 saturated heterocycles. The molecule has 1 spiro atoms. The van der Waals surface area contributed by atoms with Gasteiger partial charge in [0.2, 0.25) is 0 Å². The molecule has 5 nitrogen and oxygen atoms in total. The average Bonchev–Trinajstić information content (AvgIpc) is 3.66. The van der Waals surface area contributed by atoms with Crippen molar-refractivity contribution in [2.24, 2.45) is 5.41 Å². The van der Waals surface area contributed by atoms with E-state index in [1.165, 1.54) is 23.4 Å². The van der Waals surface area contributed by atoms with Crippen molar-refractivity contribution in [2.45, 2.75) is 58.0 Å². The van der Waals surface area contributed by atoms with E-state index in [1.54, 1.807) is 6.20 Å². The topological polar surface area (TPSA) is 51.4 Å². The maximum absolute atomic E-state index is 13.9. The van der Waals surface area contributed by atoms with E-state index in [-0.39, 0.29) is 21.6 Å². The van der Waals surface area contributed by atoms with Crippen LogP contribution in [0.2, 0.25) is 10.0 Å². The number of piperidine rings is 1. The van der Waals surface area contributed by atoms with Crippen molar-refractivity contribution in [3.05, 3.63) is 75.9 Å². The average molecular weight is 579 g/mol. The largest absolute Gasteiger partial charge is 0.490 e. The maximum Gasteiger partial charge on any atom is 0.147 e. The number of aromatic nitrogens is 2. The summed E-state index contributed by atoms with van der Waals surface area (Å²) < 4.78 is 25.8. The Hall–Kier alpha value is -3.09. The molecule has 2 aromatic carbocycles. The Labute approximate surface area is 242 Å². The molecule has 0 atom stereocenters. The molecule has 0 bridgehead atoms. The summed E-state index contributed by atoms with van der Waals surface area (Å²) in [7, 11) is 0. The first kappa shape index (κ1) is 25.8. The SMILES string of the molecule is CC(C)Oc1ccnc2ccc(N3CCC4(C=C(c5c(-c6c(Cl)cc(F)cc6Cl)noc5C5CC5)C4)CC3)cc12. The van der Waals surface area contributed by atoms with Crippen LogP contribution < -0.4 is 9.64 Å². The van der Waals surface area contributed by atoms with Gasteiger partial charge in [-0.3, -0.25) is 4.98 Å². The third-order valence-corrected chi connectivity index (χ3v) is 9.02. The molecule has 4 aromatic rings. The quantitative estimate of drug-likeness (QED) is 0.229. The molecule has 40 heavy (non-hydrogen) atoms. The van der Waals surface area contributed by atoms with E-state index in [2.05, 4.69) is 39.3 Å². The summed E-state index contributed by atoms with van der Waals surface area (Å²) in [6.45, 7) is 6.02. The van der Waals surface area contributed by atoms with Gasteiger partial charge in [0, 0.05) is 47.4 Å². The second-order valence-corrected chi connectivity index (χ2v) is 12.5. The zero-order valence-corrected chi connectivity index (χ0v) is 24.0. The van der Waals surface area contributed by atoms with Crippen molar-refractivity contribution in [3.63, 3.8) is 0 Å². The second kappa shape index (κ2) is 9.78. The Bertz CT molecular complexity index is 1630. The molecule has 1 aliphatic heterocycles. The molecule has 2 aliphatic carbocycles. The highest BCUT2D eigenvalue weighted by atomic mass is 35.5. The summed E-state index contributed by atoms with van der Waals surface area (Å²) in [6, 6.07) is 11.0. The lowest BCUT2D eigenvalue weighted by Gasteiger charge is -2.47. The van der Waals surface area contributed by atoms with Gasteiger partial charge < -0.3 is 14.2 Å². The Morgan fingerprint density at radius 3 is 2.45 bits per heavy atom. The lowest BCUT2D eigenvalue weighted by atomic mass is 9.63. The highest BCUT2D eigenvalue weighted by Gasteiger charge is 2.44. The number of nitrogens with zero attached hydrogens (tertiary/aromatic N) is 3. The maximum atomic E-state index is 13.9. The summed E-state index contributed by atoms with van der Waals surface area (Å²) in [5, 5.41) is 5.95. The van der Waals surface area contributed by atoms with E-state index in [9.17, 15) is 4.39 Å². The molecule has 0 radical (unpaired) electrons. The summed E-state index contributed by atoms with van der Waals surface area (Å²) in [6.07, 6.45) is 9.58. The molecule has 0 N–H and O–H groups in total. The molecular weight excluding hydrogens is 548 g/mol. The lowest BCUT2D eigenvalue weighted by molar-refractivity contribution is 0.245. The van der Waals surface area contributed by atoms with Gasteiger partial charge in [-0.1, -0.05) is 34.4 Å². The highest BCUT2D eigenvalue weighted by molar-refractivity contribution is 6.39. The molecule has 7 rings (SSSR count). The molecule has 8 heteroatoms. The smallest absolute Gasteiger partial charge is 0.147 e. The number of anilines is 1. The van der Waals surface area contributed by atoms with Gasteiger partial charge >= 0.3 is 0 Å². The fourth-order valence-corrected chi connectivity index (χ4v) is 6.89. The normalized spacial score (nSPS) is 18.4. The number of ether oxygens (including phenoxy) is 1. The number of benzene rings is 2. The summed E-state index contributed by atoms with van der Waals surface area (Å²) in [5.74, 6) is 1.69. The number of hydrogen-bond acceptors (Lipinski definition) is 5. The highest BCUT2D eigenvalue weighted by Crippen LogP contribution is 2.56. The molecule has 0 amide bonds. The van der Waals surface area contributed by atoms with Crippen LogP contribution in [-0.2, 0) is 0 Å². The molecule has 3 heterocycles. The molecule has 0 unspecified atom stereocenters. The van der Waals surface area contributed by atoms with Gasteiger partial charge in [0.15, 0.2) is 0 Å². The molecule has 1 saturated carbocycles. The van der Waals surface area contributed by atoms with Crippen LogP contribution in [0.15, 0.2) is 53.2 Å². The summed E-state index contributed by atoms with van der Waals surface area (Å²) in [4.78, 5) is 6.99. The zero-order chi connectivity index (χ0) is 27.6. The summed E-state index contributed by atoms with van der Waals surface area (Å²) in [5.41, 5.74) is 5.70. The van der Waals surface area contributed by atoms with E-state index < -0.39 is 5.82 Å². The van der Waals surface area contributed by atoms with Gasteiger partial charge in [0.25, 0.3) is 0 Å². The van der Waals surface area contributed by atoms with Crippen molar-refractivity contribution in [1.29, 1.82) is 0 Å². The van der Waals surface area contributed by atoms with Crippen LogP contribution in [0.3, 0.4) is 0 Å². The van der Waals surface area contributed by atoms with Crippen molar-refractivity contribution in [3.8, 4) is 17.0 Å². The first-order valence-corrected chi connectivity index (χ1v) is 14.7. The Morgan fingerprint density at radius 1 is 1.05 bits per heavy atom. The number of hydrogen-bond donors (Lipinski definition) is 0. The van der Waals surface area contributed by atoms with Crippen molar-refractivity contribution >= 4 is 45.4 Å². The lowest BCUT2D eigenvalue weighted by Crippen LogP contribution is -2.42. The Kier molecular flexibility index (Phi) is 6.32. The summed E-state index contributed by atoms with van der Waals surface area (Å²) >= 11 is 12.9. The van der Waals surface area contributed by atoms with Gasteiger partial charge in [0.1, 0.15) is 23.0 Å². The third kappa shape index (κ3) is 4.55. The number of fused-ring (bicyclic) bond motifs is 1. The fourth-order valence-electron chi connectivity index (χ4n) is 6.25. The number of allylic oxidation sites excluding steroid dienone is 2. The van der Waals surface area contributed by atoms with E-state index in [0.717, 1.165) is 73.2 Å². The van der Waals surface area contributed by atoms with Crippen LogP contribution in [0.25, 0.3) is 27.7 Å². The molecule has 206 valence electrons. The predicted molar refractivity (Wildman–Crippen MR) is 158 cm³/mol. The number of halogens is 3. The number of pyridine rings is 1. The van der Waals surface area contributed by atoms with Gasteiger partial charge in [-0.2, -0.15) is 0 Å². The molecule has 2 fully saturated rings. The van der Waals surface area contributed by atoms with E-state index in [1.807, 2.05) is 19.9 Å². The van der Waals surface area contributed by atoms with Crippen molar-refractivity contribution < 1.29 is 13.7 Å². The fraction of sp³-hybridized carbons (Fsp3) is 0.375. The molecule has 3 aliphatic rings. The van der Waals surface area contributed by atoms with E-state index in [0.29, 0.717) is 17.2 Å². The third-order valence-electron chi connectivity index (χ3n) is 8.43. The predicted octanol–water partition coefficient (Wildman–Crippen LogP) is 9.07. The van der Waals surface area contributed by atoms with Crippen LogP contribution in [0, 0.1) is 11.2 Å². The van der Waals surface area contributed by atoms with Gasteiger partial charge in [-0.15, -0.1) is 0 Å². The van der Waals surface area contributed by atoms with Gasteiger partial charge in [-0.05, 0) is 93.3 Å². The monoisotopic (exact) mass is 577 g/mol. The van der Waals surface area contributed by atoms with E-state index in [4.69, 9.17) is 32.5 Å². The second-order valence-electron chi connectivity index (χ2n) is 11.7. The first-order chi connectivity index (χ1) is 19.3. The standard InChI is InChI=1S/C32H30Cl2FN3O2/c1-18(2)39-27-7-10-36-26-6-5-22(15-23(26)27)38-11-8-32(9-12-38)16-20(17-32)28-30(37-40-31(28)19-3-4-19)29-24(33)13-21(35)14-25(29)34/h5-7,10,13-16,18-19H,3-4,8-9,11-12,17H2,1-2H3. The van der Waals surface area contributed by atoms with Gasteiger partial charge in [0.05, 0.1) is 21.7 Å². The van der Waals surface area contributed by atoms with Crippen LogP contribution in [0.5, 0.6) is 5.75 Å². The van der Waals surface area contributed by atoms with Crippen LogP contribution in [0.4, 0.5) is 10.1 Å². The molecule has 2 aromatic heterocycles. The Morgan fingerprint density at radius 2 is 1.77 bits per heavy atom. The minimum atomic E-state index is -0.467. The first-order valence-electron chi connectivity index (χ1n) is 14.0. The van der Waals surface area contributed by atoms with Gasteiger partial charge in [-0.25, -0.2) is 4.39 Å². The molecular formula is C32H30Cl2FN3O2. The minimum Gasteiger partial charge on any atom is -0.490 e. The van der Waals surface area contributed by atoms with Crippen LogP contribution >= 0.6 is 23.2 Å². The van der Waals surface area contributed by atoms with E-state index >= 15 is 0 Å². The number of rotatable bonds is 6. The minimum absolute atomic E-state index is 0.102.